The van der Waals surface area contributed by atoms with E-state index in [9.17, 15) is 0 Å². The monoisotopic (exact) mass is 290 g/mol. The molecule has 0 amide bonds. The Morgan fingerprint density at radius 3 is 1.38 bits per heavy atom. The Balaban J connectivity index is 2.33. The van der Waals surface area contributed by atoms with E-state index in [2.05, 4.69) is 0 Å². The Morgan fingerprint density at radius 1 is 0.619 bits per heavy atom. The Labute approximate surface area is 124 Å². The van der Waals surface area contributed by atoms with Gasteiger partial charge in [-0.05, 0) is 12.1 Å². The minimum Gasteiger partial charge on any atom is -0.497 e. The molecule has 0 spiro atoms. The third kappa shape index (κ3) is 3.38. The molecular weight excluding hydrogens is 270 g/mol. The van der Waals surface area contributed by atoms with E-state index in [1.165, 1.54) is 0 Å². The van der Waals surface area contributed by atoms with Crippen LogP contribution in [0, 0.1) is 0 Å². The second-order valence-corrected chi connectivity index (χ2v) is 4.36. The summed E-state index contributed by atoms with van der Waals surface area (Å²) in [5.74, 6) is 3.00. The van der Waals surface area contributed by atoms with Gasteiger partial charge in [0.1, 0.15) is 11.5 Å². The van der Waals surface area contributed by atoms with Gasteiger partial charge in [-0.25, -0.2) is 0 Å². The SMILES string of the molecule is COc1ccc([NH2+]c2ccc(OC)cc2OC)c(OC)c1. The Hall–Kier alpha value is -2.40. The number of benzene rings is 2. The van der Waals surface area contributed by atoms with Gasteiger partial charge < -0.3 is 18.9 Å². The lowest BCUT2D eigenvalue weighted by Crippen LogP contribution is -2.71. The molecule has 5 heteroatoms. The molecule has 2 N–H and O–H groups in total. The highest BCUT2D eigenvalue weighted by Gasteiger charge is 2.14. The topological polar surface area (TPSA) is 53.5 Å². The van der Waals surface area contributed by atoms with E-state index in [1.807, 2.05) is 41.7 Å². The molecule has 0 aliphatic rings. The van der Waals surface area contributed by atoms with E-state index < -0.39 is 0 Å². The molecule has 0 aromatic heterocycles. The van der Waals surface area contributed by atoms with Crippen molar-refractivity contribution in [2.24, 2.45) is 0 Å². The molecule has 0 atom stereocenters. The van der Waals surface area contributed by atoms with Gasteiger partial charge >= 0.3 is 0 Å². The van der Waals surface area contributed by atoms with Crippen molar-refractivity contribution in [1.82, 2.24) is 0 Å². The lowest BCUT2D eigenvalue weighted by Gasteiger charge is -2.11. The molecule has 2 aromatic rings. The number of hydrogen-bond donors (Lipinski definition) is 1. The highest BCUT2D eigenvalue weighted by atomic mass is 16.5. The largest absolute Gasteiger partial charge is 0.497 e. The summed E-state index contributed by atoms with van der Waals surface area (Å²) >= 11 is 0. The first-order chi connectivity index (χ1) is 10.2. The van der Waals surface area contributed by atoms with Crippen molar-refractivity contribution in [2.45, 2.75) is 0 Å². The van der Waals surface area contributed by atoms with Crippen molar-refractivity contribution in [2.75, 3.05) is 28.4 Å². The van der Waals surface area contributed by atoms with Crippen LogP contribution in [0.1, 0.15) is 0 Å². The molecule has 2 aromatic carbocycles. The molecule has 0 saturated heterocycles. The van der Waals surface area contributed by atoms with Crippen LogP contribution in [0.4, 0.5) is 11.4 Å². The van der Waals surface area contributed by atoms with E-state index in [-0.39, 0.29) is 0 Å². The number of ether oxygens (including phenoxy) is 4. The maximum absolute atomic E-state index is 5.40. The second kappa shape index (κ2) is 6.85. The molecule has 0 saturated carbocycles. The molecule has 21 heavy (non-hydrogen) atoms. The van der Waals surface area contributed by atoms with Gasteiger partial charge in [0.15, 0.2) is 22.9 Å². The molecule has 0 aliphatic carbocycles. The number of rotatable bonds is 6. The minimum absolute atomic E-state index is 0.743. The number of quaternary nitrogens is 1. The number of hydrogen-bond acceptors (Lipinski definition) is 4. The normalized spacial score (nSPS) is 10.1. The van der Waals surface area contributed by atoms with E-state index in [1.54, 1.807) is 28.4 Å². The zero-order chi connectivity index (χ0) is 15.2. The summed E-state index contributed by atoms with van der Waals surface area (Å²) in [7, 11) is 6.53. The average Bonchev–Trinajstić information content (AvgIpc) is 2.55. The zero-order valence-electron chi connectivity index (χ0n) is 12.7. The maximum Gasteiger partial charge on any atom is 0.183 e. The van der Waals surface area contributed by atoms with Crippen molar-refractivity contribution in [3.63, 3.8) is 0 Å². The Kier molecular flexibility index (Phi) is 4.90. The fourth-order valence-corrected chi connectivity index (χ4v) is 2.04. The molecule has 5 nitrogen and oxygen atoms in total. The summed E-state index contributed by atoms with van der Waals surface area (Å²) in [6.45, 7) is 0. The molecule has 0 heterocycles. The minimum atomic E-state index is 0.743. The summed E-state index contributed by atoms with van der Waals surface area (Å²) in [4.78, 5) is 0. The van der Waals surface area contributed by atoms with Crippen LogP contribution in [0.25, 0.3) is 0 Å². The average molecular weight is 290 g/mol. The first-order valence-corrected chi connectivity index (χ1v) is 6.50. The van der Waals surface area contributed by atoms with Crippen LogP contribution in [0.5, 0.6) is 23.0 Å². The van der Waals surface area contributed by atoms with E-state index in [0.29, 0.717) is 0 Å². The van der Waals surface area contributed by atoms with Crippen molar-refractivity contribution in [3.8, 4) is 23.0 Å². The van der Waals surface area contributed by atoms with Crippen LogP contribution in [-0.4, -0.2) is 28.4 Å². The van der Waals surface area contributed by atoms with Crippen LogP contribution < -0.4 is 24.3 Å². The molecule has 0 radical (unpaired) electrons. The molecule has 0 aliphatic heterocycles. The van der Waals surface area contributed by atoms with Crippen molar-refractivity contribution in [1.29, 1.82) is 0 Å². The quantitative estimate of drug-likeness (QED) is 0.829. The van der Waals surface area contributed by atoms with E-state index >= 15 is 0 Å². The Morgan fingerprint density at radius 2 is 1.05 bits per heavy atom. The van der Waals surface area contributed by atoms with Gasteiger partial charge in [-0.1, -0.05) is 0 Å². The van der Waals surface area contributed by atoms with Crippen molar-refractivity contribution < 1.29 is 24.3 Å². The summed E-state index contributed by atoms with van der Waals surface area (Å²) in [5, 5.41) is 2.00. The highest BCUT2D eigenvalue weighted by Crippen LogP contribution is 2.30. The molecule has 2 rings (SSSR count). The van der Waals surface area contributed by atoms with Gasteiger partial charge in [0.2, 0.25) is 0 Å². The first-order valence-electron chi connectivity index (χ1n) is 6.50. The molecule has 0 unspecified atom stereocenters. The van der Waals surface area contributed by atoms with Crippen LogP contribution in [0.2, 0.25) is 0 Å². The fourth-order valence-electron chi connectivity index (χ4n) is 2.04. The predicted molar refractivity (Wildman–Crippen MR) is 80.3 cm³/mol. The van der Waals surface area contributed by atoms with Crippen LogP contribution >= 0.6 is 0 Å². The van der Waals surface area contributed by atoms with E-state index in [4.69, 9.17) is 18.9 Å². The number of methoxy groups -OCH3 is 4. The van der Waals surface area contributed by atoms with Crippen LogP contribution in [-0.2, 0) is 0 Å². The molecule has 0 bridgehead atoms. The van der Waals surface area contributed by atoms with Crippen LogP contribution in [0.3, 0.4) is 0 Å². The first kappa shape index (κ1) is 15.0. The van der Waals surface area contributed by atoms with Crippen molar-refractivity contribution in [3.05, 3.63) is 36.4 Å². The second-order valence-electron chi connectivity index (χ2n) is 4.36. The van der Waals surface area contributed by atoms with Gasteiger partial charge in [0.25, 0.3) is 0 Å². The van der Waals surface area contributed by atoms with Crippen molar-refractivity contribution >= 4 is 11.4 Å². The zero-order valence-corrected chi connectivity index (χ0v) is 12.7. The summed E-state index contributed by atoms with van der Waals surface area (Å²) in [6, 6.07) is 11.4. The Bertz CT molecular complexity index is 560. The van der Waals surface area contributed by atoms with Gasteiger partial charge in [0.05, 0.1) is 28.4 Å². The number of nitrogens with two attached hydrogens (primary N) is 1. The van der Waals surface area contributed by atoms with Gasteiger partial charge in [-0.15, -0.1) is 0 Å². The molecule has 112 valence electrons. The molecular formula is C16H20NO4+. The maximum atomic E-state index is 5.40. The highest BCUT2D eigenvalue weighted by molar-refractivity contribution is 5.55. The third-order valence-electron chi connectivity index (χ3n) is 3.19. The predicted octanol–water partition coefficient (Wildman–Crippen LogP) is 2.25. The summed E-state index contributed by atoms with van der Waals surface area (Å²) in [6.07, 6.45) is 0. The summed E-state index contributed by atoms with van der Waals surface area (Å²) in [5.41, 5.74) is 1.89. The summed E-state index contributed by atoms with van der Waals surface area (Å²) < 4.78 is 21.2. The standard InChI is InChI=1S/C16H19NO4/c1-18-11-5-7-13(15(9-11)20-3)17-14-8-6-12(19-2)10-16(14)21-4/h5-10,17H,1-4H3/p+1. The fraction of sp³-hybridized carbons (Fsp3) is 0.250. The lowest BCUT2D eigenvalue weighted by atomic mass is 10.2. The molecule has 0 fully saturated rings. The lowest BCUT2D eigenvalue weighted by molar-refractivity contribution is -0.480. The van der Waals surface area contributed by atoms with E-state index in [0.717, 1.165) is 34.4 Å². The van der Waals surface area contributed by atoms with Gasteiger partial charge in [-0.3, -0.25) is 5.32 Å². The van der Waals surface area contributed by atoms with Crippen LogP contribution in [0.15, 0.2) is 36.4 Å². The third-order valence-corrected chi connectivity index (χ3v) is 3.19. The van der Waals surface area contributed by atoms with Gasteiger partial charge in [0, 0.05) is 24.3 Å². The smallest absolute Gasteiger partial charge is 0.183 e. The van der Waals surface area contributed by atoms with Gasteiger partial charge in [-0.2, -0.15) is 0 Å².